The van der Waals surface area contributed by atoms with E-state index in [2.05, 4.69) is 46.2 Å². The van der Waals surface area contributed by atoms with Gasteiger partial charge in [0.15, 0.2) is 0 Å². The number of hydrogen-bond acceptors (Lipinski definition) is 4. The van der Waals surface area contributed by atoms with Crippen molar-refractivity contribution < 1.29 is 9.53 Å². The van der Waals surface area contributed by atoms with E-state index in [0.29, 0.717) is 12.5 Å². The second kappa shape index (κ2) is 8.36. The number of carbonyl (C=O) groups is 1. The summed E-state index contributed by atoms with van der Waals surface area (Å²) in [7, 11) is 0. The maximum atomic E-state index is 12.9. The number of carbonyl (C=O) groups excluding carboxylic acids is 1. The van der Waals surface area contributed by atoms with E-state index in [1.165, 1.54) is 16.0 Å². The molecule has 0 saturated carbocycles. The average molecular weight is 383 g/mol. The van der Waals surface area contributed by atoms with Gasteiger partial charge in [0.25, 0.3) is 0 Å². The summed E-state index contributed by atoms with van der Waals surface area (Å²) in [5.74, 6) is 1.23. The first-order chi connectivity index (χ1) is 13.2. The third-order valence-electron chi connectivity index (χ3n) is 5.25. The van der Waals surface area contributed by atoms with E-state index in [9.17, 15) is 4.79 Å². The van der Waals surface area contributed by atoms with E-state index in [0.717, 1.165) is 44.9 Å². The number of piperazine rings is 1. The average Bonchev–Trinajstić information content (AvgIpc) is 3.14. The van der Waals surface area contributed by atoms with Gasteiger partial charge >= 0.3 is 0 Å². The number of hydrogen-bond donors (Lipinski definition) is 0. The summed E-state index contributed by atoms with van der Waals surface area (Å²) in [5, 5.41) is 0.0556. The minimum Gasteiger partial charge on any atom is -0.494 e. The van der Waals surface area contributed by atoms with Crippen LogP contribution in [0.25, 0.3) is 0 Å². The Bertz CT molecular complexity index is 760. The fourth-order valence-electron chi connectivity index (χ4n) is 3.77. The Kier molecular flexibility index (Phi) is 5.69. The number of fused-ring (bicyclic) bond motifs is 1. The van der Waals surface area contributed by atoms with Gasteiger partial charge < -0.3 is 9.64 Å². The van der Waals surface area contributed by atoms with Gasteiger partial charge in [-0.25, -0.2) is 0 Å². The predicted octanol–water partition coefficient (Wildman–Crippen LogP) is 3.45. The Morgan fingerprint density at radius 2 is 1.81 bits per heavy atom. The van der Waals surface area contributed by atoms with Crippen LogP contribution in [0, 0.1) is 0 Å². The Morgan fingerprint density at radius 3 is 2.52 bits per heavy atom. The van der Waals surface area contributed by atoms with Gasteiger partial charge in [0.2, 0.25) is 5.91 Å². The fraction of sp³-hybridized carbons (Fsp3) is 0.409. The van der Waals surface area contributed by atoms with Crippen LogP contribution >= 0.6 is 11.8 Å². The summed E-state index contributed by atoms with van der Waals surface area (Å²) in [4.78, 5) is 18.7. The van der Waals surface area contributed by atoms with Crippen LogP contribution in [-0.4, -0.2) is 53.7 Å². The summed E-state index contributed by atoms with van der Waals surface area (Å²) in [6.07, 6.45) is 0.867. The second-order valence-corrected chi connectivity index (χ2v) is 8.34. The lowest BCUT2D eigenvalue weighted by Gasteiger charge is -2.35. The predicted molar refractivity (Wildman–Crippen MR) is 109 cm³/mol. The Morgan fingerprint density at radius 1 is 1.07 bits per heavy atom. The number of rotatable bonds is 5. The van der Waals surface area contributed by atoms with Crippen molar-refractivity contribution in [2.45, 2.75) is 30.0 Å². The molecule has 2 aromatic rings. The number of nitrogens with zero attached hydrogens (tertiary/aromatic N) is 2. The van der Waals surface area contributed by atoms with Gasteiger partial charge in [-0.1, -0.05) is 30.3 Å². The van der Waals surface area contributed by atoms with Crippen molar-refractivity contribution >= 4 is 17.7 Å². The molecule has 1 fully saturated rings. The number of ether oxygens (including phenoxy) is 1. The standard InChI is InChI=1S/C22H26N2O2S/c1-2-26-19-9-7-17(8-10-19)16-23-11-13-24(14-12-23)22(25)21-15-18-5-3-4-6-20(18)27-21/h3-10,21H,2,11-16H2,1H3. The second-order valence-electron chi connectivity index (χ2n) is 7.10. The highest BCUT2D eigenvalue weighted by Crippen LogP contribution is 2.37. The van der Waals surface area contributed by atoms with Gasteiger partial charge in [-0.3, -0.25) is 9.69 Å². The summed E-state index contributed by atoms with van der Waals surface area (Å²) in [6.45, 7) is 7.13. The molecule has 4 rings (SSSR count). The number of amides is 1. The molecule has 0 spiro atoms. The van der Waals surface area contributed by atoms with Gasteiger partial charge in [-0.05, 0) is 42.7 Å². The van der Waals surface area contributed by atoms with Crippen LogP contribution in [0.1, 0.15) is 18.1 Å². The molecule has 0 aromatic heterocycles. The number of benzene rings is 2. The van der Waals surface area contributed by atoms with Gasteiger partial charge in [0, 0.05) is 37.6 Å². The lowest BCUT2D eigenvalue weighted by Crippen LogP contribution is -2.50. The van der Waals surface area contributed by atoms with E-state index >= 15 is 0 Å². The van der Waals surface area contributed by atoms with Crippen LogP contribution in [0.3, 0.4) is 0 Å². The molecule has 1 amide bonds. The quantitative estimate of drug-likeness (QED) is 0.793. The summed E-state index contributed by atoms with van der Waals surface area (Å²) in [6, 6.07) is 16.7. The number of thioether (sulfide) groups is 1. The molecule has 2 heterocycles. The van der Waals surface area contributed by atoms with Crippen molar-refractivity contribution in [3.63, 3.8) is 0 Å². The maximum absolute atomic E-state index is 12.9. The molecule has 5 heteroatoms. The third-order valence-corrected chi connectivity index (χ3v) is 6.55. The van der Waals surface area contributed by atoms with Crippen molar-refractivity contribution in [3.8, 4) is 5.75 Å². The maximum Gasteiger partial charge on any atom is 0.236 e. The van der Waals surface area contributed by atoms with Gasteiger partial charge in [0.05, 0.1) is 11.9 Å². The molecular weight excluding hydrogens is 356 g/mol. The molecular formula is C22H26N2O2S. The van der Waals surface area contributed by atoms with Gasteiger partial charge in [-0.2, -0.15) is 0 Å². The monoisotopic (exact) mass is 382 g/mol. The molecule has 1 saturated heterocycles. The highest BCUT2D eigenvalue weighted by Gasteiger charge is 2.32. The SMILES string of the molecule is CCOc1ccc(CN2CCN(C(=O)C3Cc4ccccc4S3)CC2)cc1. The van der Waals surface area contributed by atoms with E-state index in [1.54, 1.807) is 11.8 Å². The molecule has 27 heavy (non-hydrogen) atoms. The molecule has 2 aliphatic heterocycles. The lowest BCUT2D eigenvalue weighted by atomic mass is 10.1. The van der Waals surface area contributed by atoms with E-state index < -0.39 is 0 Å². The van der Waals surface area contributed by atoms with Crippen LogP contribution < -0.4 is 4.74 Å². The van der Waals surface area contributed by atoms with E-state index in [1.807, 2.05) is 19.1 Å². The summed E-state index contributed by atoms with van der Waals surface area (Å²) in [5.41, 5.74) is 2.61. The Hall–Kier alpha value is -1.98. The Balaban J connectivity index is 1.27. The van der Waals surface area contributed by atoms with Crippen LogP contribution in [-0.2, 0) is 17.8 Å². The lowest BCUT2D eigenvalue weighted by molar-refractivity contribution is -0.132. The van der Waals surface area contributed by atoms with Gasteiger partial charge in [0.1, 0.15) is 5.75 Å². The smallest absolute Gasteiger partial charge is 0.236 e. The fourth-order valence-corrected chi connectivity index (χ4v) is 5.04. The molecule has 142 valence electrons. The molecule has 0 bridgehead atoms. The van der Waals surface area contributed by atoms with Crippen LogP contribution in [0.4, 0.5) is 0 Å². The topological polar surface area (TPSA) is 32.8 Å². The molecule has 2 aromatic carbocycles. The zero-order valence-corrected chi connectivity index (χ0v) is 16.6. The normalized spacial score (nSPS) is 19.7. The van der Waals surface area contributed by atoms with Crippen LogP contribution in [0.15, 0.2) is 53.4 Å². The van der Waals surface area contributed by atoms with Crippen molar-refractivity contribution in [1.82, 2.24) is 9.80 Å². The first-order valence-electron chi connectivity index (χ1n) is 9.70. The van der Waals surface area contributed by atoms with E-state index in [4.69, 9.17) is 4.74 Å². The van der Waals surface area contributed by atoms with Crippen molar-refractivity contribution in [3.05, 3.63) is 59.7 Å². The largest absolute Gasteiger partial charge is 0.494 e. The van der Waals surface area contributed by atoms with Crippen LogP contribution in [0.5, 0.6) is 5.75 Å². The molecule has 1 unspecified atom stereocenters. The van der Waals surface area contributed by atoms with E-state index in [-0.39, 0.29) is 5.25 Å². The van der Waals surface area contributed by atoms with Crippen molar-refractivity contribution in [2.75, 3.05) is 32.8 Å². The van der Waals surface area contributed by atoms with Crippen molar-refractivity contribution in [2.24, 2.45) is 0 Å². The first kappa shape index (κ1) is 18.4. The molecule has 0 radical (unpaired) electrons. The highest BCUT2D eigenvalue weighted by atomic mass is 32.2. The molecule has 2 aliphatic rings. The summed E-state index contributed by atoms with van der Waals surface area (Å²) >= 11 is 1.73. The Labute approximate surface area is 165 Å². The van der Waals surface area contributed by atoms with Crippen LogP contribution in [0.2, 0.25) is 0 Å². The van der Waals surface area contributed by atoms with Crippen molar-refractivity contribution in [1.29, 1.82) is 0 Å². The van der Waals surface area contributed by atoms with Gasteiger partial charge in [-0.15, -0.1) is 11.8 Å². The minimum atomic E-state index is 0.0556. The molecule has 0 N–H and O–H groups in total. The minimum absolute atomic E-state index is 0.0556. The zero-order valence-electron chi connectivity index (χ0n) is 15.8. The summed E-state index contributed by atoms with van der Waals surface area (Å²) < 4.78 is 5.50. The molecule has 1 atom stereocenters. The molecule has 0 aliphatic carbocycles. The highest BCUT2D eigenvalue weighted by molar-refractivity contribution is 8.01. The first-order valence-corrected chi connectivity index (χ1v) is 10.6. The molecule has 4 nitrogen and oxygen atoms in total. The zero-order chi connectivity index (χ0) is 18.6. The third kappa shape index (κ3) is 4.30.